The number of hydrogen-bond donors (Lipinski definition) is 2. The highest BCUT2D eigenvalue weighted by Crippen LogP contribution is 2.18. The van der Waals surface area contributed by atoms with Crippen LogP contribution < -0.4 is 10.2 Å². The fourth-order valence-corrected chi connectivity index (χ4v) is 3.18. The van der Waals surface area contributed by atoms with Crippen LogP contribution in [-0.2, 0) is 0 Å². The summed E-state index contributed by atoms with van der Waals surface area (Å²) in [5, 5.41) is 12.3. The van der Waals surface area contributed by atoms with Gasteiger partial charge in [-0.15, -0.1) is 0 Å². The minimum absolute atomic E-state index is 0.0102. The molecule has 1 saturated heterocycles. The van der Waals surface area contributed by atoms with Gasteiger partial charge in [-0.1, -0.05) is 18.2 Å². The molecule has 2 amide bonds. The molecule has 1 aliphatic heterocycles. The number of aliphatic hydroxyl groups is 1. The summed E-state index contributed by atoms with van der Waals surface area (Å²) in [7, 11) is 0. The maximum atomic E-state index is 12.2. The summed E-state index contributed by atoms with van der Waals surface area (Å²) < 4.78 is 0. The molecule has 1 unspecified atom stereocenters. The standard InChI is InChI=1S/C18H29N3O2/c1-3-20(17-9-5-4-7-15(17)2)12-10-19-18(23)21-11-6-8-16(13-21)14-22/h4-5,7,9,16,22H,3,6,8,10-14H2,1-2H3,(H,19,23). The van der Waals surface area contributed by atoms with E-state index in [0.717, 1.165) is 32.5 Å². The molecule has 5 heteroatoms. The first-order chi connectivity index (χ1) is 11.2. The second-order valence-corrected chi connectivity index (χ2v) is 6.23. The first-order valence-corrected chi connectivity index (χ1v) is 8.60. The Morgan fingerprint density at radius 1 is 1.43 bits per heavy atom. The van der Waals surface area contributed by atoms with E-state index in [9.17, 15) is 9.90 Å². The molecule has 2 N–H and O–H groups in total. The molecule has 23 heavy (non-hydrogen) atoms. The molecule has 5 nitrogen and oxygen atoms in total. The number of carbonyl (C=O) groups is 1. The third kappa shape index (κ3) is 4.86. The van der Waals surface area contributed by atoms with Crippen molar-refractivity contribution < 1.29 is 9.90 Å². The molecule has 2 rings (SSSR count). The van der Waals surface area contributed by atoms with Crippen LogP contribution in [0.3, 0.4) is 0 Å². The van der Waals surface area contributed by atoms with Crippen molar-refractivity contribution in [2.45, 2.75) is 26.7 Å². The van der Waals surface area contributed by atoms with Gasteiger partial charge in [0.15, 0.2) is 0 Å². The number of amides is 2. The summed E-state index contributed by atoms with van der Waals surface area (Å²) >= 11 is 0. The molecular formula is C18H29N3O2. The number of aliphatic hydroxyl groups excluding tert-OH is 1. The van der Waals surface area contributed by atoms with Crippen LogP contribution in [0, 0.1) is 12.8 Å². The summed E-state index contributed by atoms with van der Waals surface area (Å²) in [5.41, 5.74) is 2.48. The Bertz CT molecular complexity index is 507. The van der Waals surface area contributed by atoms with E-state index >= 15 is 0 Å². The molecule has 0 aromatic heterocycles. The molecule has 1 aliphatic rings. The maximum Gasteiger partial charge on any atom is 0.317 e. The van der Waals surface area contributed by atoms with Crippen molar-refractivity contribution in [2.75, 3.05) is 44.2 Å². The van der Waals surface area contributed by atoms with Crippen molar-refractivity contribution in [1.29, 1.82) is 0 Å². The number of rotatable bonds is 6. The highest BCUT2D eigenvalue weighted by Gasteiger charge is 2.22. The van der Waals surface area contributed by atoms with Gasteiger partial charge in [-0.2, -0.15) is 0 Å². The quantitative estimate of drug-likeness (QED) is 0.845. The van der Waals surface area contributed by atoms with Crippen LogP contribution in [0.15, 0.2) is 24.3 Å². The SMILES string of the molecule is CCN(CCNC(=O)N1CCCC(CO)C1)c1ccccc1C. The van der Waals surface area contributed by atoms with Gasteiger partial charge < -0.3 is 20.2 Å². The van der Waals surface area contributed by atoms with Gasteiger partial charge in [-0.3, -0.25) is 0 Å². The number of likely N-dealkylation sites (tertiary alicyclic amines) is 1. The molecule has 0 saturated carbocycles. The highest BCUT2D eigenvalue weighted by atomic mass is 16.3. The van der Waals surface area contributed by atoms with Gasteiger partial charge in [0.2, 0.25) is 0 Å². The van der Waals surface area contributed by atoms with Crippen LogP contribution in [-0.4, -0.2) is 55.4 Å². The average molecular weight is 319 g/mol. The molecule has 1 heterocycles. The molecule has 128 valence electrons. The van der Waals surface area contributed by atoms with Crippen molar-refractivity contribution in [3.8, 4) is 0 Å². The molecule has 1 atom stereocenters. The van der Waals surface area contributed by atoms with E-state index in [-0.39, 0.29) is 18.6 Å². The first-order valence-electron chi connectivity index (χ1n) is 8.60. The van der Waals surface area contributed by atoms with Crippen molar-refractivity contribution in [3.05, 3.63) is 29.8 Å². The maximum absolute atomic E-state index is 12.2. The Hall–Kier alpha value is -1.75. The van der Waals surface area contributed by atoms with Crippen LogP contribution >= 0.6 is 0 Å². The Morgan fingerprint density at radius 3 is 2.91 bits per heavy atom. The molecule has 1 aromatic rings. The first kappa shape index (κ1) is 17.6. The van der Waals surface area contributed by atoms with Crippen LogP contribution in [0.2, 0.25) is 0 Å². The predicted molar refractivity (Wildman–Crippen MR) is 93.8 cm³/mol. The van der Waals surface area contributed by atoms with E-state index in [4.69, 9.17) is 0 Å². The Labute approximate surface area is 139 Å². The number of aryl methyl sites for hydroxylation is 1. The number of urea groups is 1. The summed E-state index contributed by atoms with van der Waals surface area (Å²) in [4.78, 5) is 16.4. The summed E-state index contributed by atoms with van der Waals surface area (Å²) in [5.74, 6) is 0.230. The van der Waals surface area contributed by atoms with Gasteiger partial charge in [0, 0.05) is 45.0 Å². The van der Waals surface area contributed by atoms with Gasteiger partial charge in [-0.25, -0.2) is 4.79 Å². The van der Waals surface area contributed by atoms with Crippen molar-refractivity contribution in [3.63, 3.8) is 0 Å². The number of piperidine rings is 1. The fourth-order valence-electron chi connectivity index (χ4n) is 3.18. The molecule has 1 aromatic carbocycles. The van der Waals surface area contributed by atoms with Crippen LogP contribution in [0.25, 0.3) is 0 Å². The Kier molecular flexibility index (Phi) is 6.71. The molecule has 0 aliphatic carbocycles. The lowest BCUT2D eigenvalue weighted by molar-refractivity contribution is 0.130. The largest absolute Gasteiger partial charge is 0.396 e. The van der Waals surface area contributed by atoms with E-state index < -0.39 is 0 Å². The number of nitrogens with zero attached hydrogens (tertiary/aromatic N) is 2. The van der Waals surface area contributed by atoms with Gasteiger partial charge in [0.25, 0.3) is 0 Å². The fraction of sp³-hybridized carbons (Fsp3) is 0.611. The monoisotopic (exact) mass is 319 g/mol. The van der Waals surface area contributed by atoms with Gasteiger partial charge in [0.05, 0.1) is 0 Å². The van der Waals surface area contributed by atoms with Crippen molar-refractivity contribution in [1.82, 2.24) is 10.2 Å². The lowest BCUT2D eigenvalue weighted by Gasteiger charge is -2.32. The number of nitrogens with one attached hydrogen (secondary N) is 1. The molecule has 0 bridgehead atoms. The van der Waals surface area contributed by atoms with Crippen molar-refractivity contribution >= 4 is 11.7 Å². The zero-order valence-electron chi connectivity index (χ0n) is 14.3. The summed E-state index contributed by atoms with van der Waals surface area (Å²) in [6, 6.07) is 8.31. The highest BCUT2D eigenvalue weighted by molar-refractivity contribution is 5.74. The number of anilines is 1. The minimum atomic E-state index is -0.0102. The zero-order valence-corrected chi connectivity index (χ0v) is 14.3. The number of likely N-dealkylation sites (N-methyl/N-ethyl adjacent to an activating group) is 1. The number of carbonyl (C=O) groups excluding carboxylic acids is 1. The third-order valence-corrected chi connectivity index (χ3v) is 4.56. The van der Waals surface area contributed by atoms with E-state index in [1.165, 1.54) is 11.3 Å². The summed E-state index contributed by atoms with van der Waals surface area (Å²) in [6.07, 6.45) is 1.99. The van der Waals surface area contributed by atoms with Crippen LogP contribution in [0.4, 0.5) is 10.5 Å². The van der Waals surface area contributed by atoms with Gasteiger partial charge in [0.1, 0.15) is 0 Å². The van der Waals surface area contributed by atoms with E-state index in [1.54, 1.807) is 0 Å². The molecule has 0 radical (unpaired) electrons. The molecule has 1 fully saturated rings. The van der Waals surface area contributed by atoms with Crippen LogP contribution in [0.5, 0.6) is 0 Å². The zero-order chi connectivity index (χ0) is 16.7. The Morgan fingerprint density at radius 2 is 2.22 bits per heavy atom. The van der Waals surface area contributed by atoms with Crippen LogP contribution in [0.1, 0.15) is 25.3 Å². The predicted octanol–water partition coefficient (Wildman–Crippen LogP) is 2.24. The van der Waals surface area contributed by atoms with Crippen molar-refractivity contribution in [2.24, 2.45) is 5.92 Å². The number of para-hydroxylation sites is 1. The second kappa shape index (κ2) is 8.77. The minimum Gasteiger partial charge on any atom is -0.396 e. The smallest absolute Gasteiger partial charge is 0.317 e. The van der Waals surface area contributed by atoms with E-state index in [0.29, 0.717) is 13.1 Å². The average Bonchev–Trinajstić information content (AvgIpc) is 2.59. The topological polar surface area (TPSA) is 55.8 Å². The lowest BCUT2D eigenvalue weighted by Crippen LogP contribution is -2.47. The van der Waals surface area contributed by atoms with E-state index in [2.05, 4.69) is 36.2 Å². The normalized spacial score (nSPS) is 17.9. The number of benzene rings is 1. The van der Waals surface area contributed by atoms with E-state index in [1.807, 2.05) is 17.0 Å². The Balaban J connectivity index is 1.81. The number of hydrogen-bond acceptors (Lipinski definition) is 3. The molecular weight excluding hydrogens is 290 g/mol. The van der Waals surface area contributed by atoms with Gasteiger partial charge in [-0.05, 0) is 44.2 Å². The van der Waals surface area contributed by atoms with Gasteiger partial charge >= 0.3 is 6.03 Å². The molecule has 0 spiro atoms. The summed E-state index contributed by atoms with van der Waals surface area (Å²) in [6.45, 7) is 8.20. The third-order valence-electron chi connectivity index (χ3n) is 4.56. The second-order valence-electron chi connectivity index (χ2n) is 6.23. The lowest BCUT2D eigenvalue weighted by atomic mass is 9.99.